The summed E-state index contributed by atoms with van der Waals surface area (Å²) in [5, 5.41) is 0. The molecule has 21 heavy (non-hydrogen) atoms. The normalized spacial score (nSPS) is 33.9. The molecule has 1 saturated heterocycles. The molecule has 1 heterocycles. The molecule has 3 aliphatic rings. The van der Waals surface area contributed by atoms with Gasteiger partial charge in [-0.05, 0) is 57.1 Å². The third-order valence-corrected chi connectivity index (χ3v) is 4.91. The predicted octanol–water partition coefficient (Wildman–Crippen LogP) is 3.52. The van der Waals surface area contributed by atoms with E-state index >= 15 is 0 Å². The number of hydrogen-bond donors (Lipinski definition) is 0. The zero-order valence-corrected chi connectivity index (χ0v) is 13.5. The van der Waals surface area contributed by atoms with Crippen LogP contribution in [0.25, 0.3) is 0 Å². The van der Waals surface area contributed by atoms with Crippen LogP contribution in [0.15, 0.2) is 23.5 Å². The summed E-state index contributed by atoms with van der Waals surface area (Å²) in [6.45, 7) is 8.17. The molecule has 0 aromatic carbocycles. The van der Waals surface area contributed by atoms with E-state index in [1.165, 1.54) is 37.9 Å². The van der Waals surface area contributed by atoms with Crippen LogP contribution in [0.4, 0.5) is 0 Å². The predicted molar refractivity (Wildman–Crippen MR) is 85.1 cm³/mol. The van der Waals surface area contributed by atoms with Crippen molar-refractivity contribution >= 4 is 0 Å². The summed E-state index contributed by atoms with van der Waals surface area (Å²) in [6, 6.07) is 0. The van der Waals surface area contributed by atoms with Gasteiger partial charge in [0.05, 0.1) is 12.2 Å². The summed E-state index contributed by atoms with van der Waals surface area (Å²) in [6.07, 6.45) is 11.7. The standard InChI is InChI=1S/C18H29NO2/c1-14-12-19(13-15(2)21-14)10-11-20-18-9-5-7-16-6-3-4-8-17(16)18/h5,9,14-16H,3-4,6-8,10-13H2,1-2H3. The molecule has 1 aliphatic heterocycles. The van der Waals surface area contributed by atoms with Crippen LogP contribution in [0.2, 0.25) is 0 Å². The average molecular weight is 291 g/mol. The van der Waals surface area contributed by atoms with Gasteiger partial charge in [-0.2, -0.15) is 0 Å². The summed E-state index contributed by atoms with van der Waals surface area (Å²) < 4.78 is 11.9. The lowest BCUT2D eigenvalue weighted by Gasteiger charge is -2.35. The SMILES string of the molecule is CC1CN(CCOC2=C3CCCCC3CC=C2)CC(C)O1. The van der Waals surface area contributed by atoms with Crippen molar-refractivity contribution in [1.29, 1.82) is 0 Å². The highest BCUT2D eigenvalue weighted by atomic mass is 16.5. The van der Waals surface area contributed by atoms with Crippen molar-refractivity contribution in [1.82, 2.24) is 4.90 Å². The van der Waals surface area contributed by atoms with Gasteiger partial charge in [0.2, 0.25) is 0 Å². The Morgan fingerprint density at radius 1 is 1.24 bits per heavy atom. The van der Waals surface area contributed by atoms with Gasteiger partial charge in [0, 0.05) is 19.6 Å². The Morgan fingerprint density at radius 2 is 2.05 bits per heavy atom. The Hall–Kier alpha value is -0.800. The Balaban J connectivity index is 1.50. The van der Waals surface area contributed by atoms with E-state index in [0.717, 1.165) is 32.2 Å². The second-order valence-electron chi connectivity index (χ2n) is 6.84. The fourth-order valence-corrected chi connectivity index (χ4v) is 4.01. The van der Waals surface area contributed by atoms with Crippen LogP contribution < -0.4 is 0 Å². The molecule has 3 heteroatoms. The fourth-order valence-electron chi connectivity index (χ4n) is 4.01. The average Bonchev–Trinajstić information content (AvgIpc) is 2.46. The minimum Gasteiger partial charge on any atom is -0.492 e. The number of fused-ring (bicyclic) bond motifs is 1. The van der Waals surface area contributed by atoms with E-state index in [4.69, 9.17) is 9.47 Å². The Bertz CT molecular complexity index is 405. The molecule has 0 radical (unpaired) electrons. The summed E-state index contributed by atoms with van der Waals surface area (Å²) >= 11 is 0. The molecule has 1 saturated carbocycles. The van der Waals surface area contributed by atoms with Crippen molar-refractivity contribution in [2.24, 2.45) is 5.92 Å². The number of allylic oxidation sites excluding steroid dienone is 3. The lowest BCUT2D eigenvalue weighted by molar-refractivity contribution is -0.0713. The van der Waals surface area contributed by atoms with E-state index in [-0.39, 0.29) is 0 Å². The molecule has 0 amide bonds. The molecule has 3 nitrogen and oxygen atoms in total. The van der Waals surface area contributed by atoms with Gasteiger partial charge in [0.25, 0.3) is 0 Å². The van der Waals surface area contributed by atoms with Gasteiger partial charge in [-0.1, -0.05) is 12.5 Å². The molecular weight excluding hydrogens is 262 g/mol. The number of ether oxygens (including phenoxy) is 2. The van der Waals surface area contributed by atoms with Crippen LogP contribution in [0.3, 0.4) is 0 Å². The zero-order valence-electron chi connectivity index (χ0n) is 13.5. The van der Waals surface area contributed by atoms with Crippen LogP contribution in [0, 0.1) is 5.92 Å². The lowest BCUT2D eigenvalue weighted by Crippen LogP contribution is -2.46. The molecule has 0 aromatic heterocycles. The molecule has 0 N–H and O–H groups in total. The maximum atomic E-state index is 6.14. The van der Waals surface area contributed by atoms with Gasteiger partial charge in [-0.15, -0.1) is 0 Å². The van der Waals surface area contributed by atoms with Gasteiger partial charge >= 0.3 is 0 Å². The Labute approximate surface area is 129 Å². The second kappa shape index (κ2) is 6.97. The molecule has 3 atom stereocenters. The molecule has 118 valence electrons. The molecular formula is C18H29NO2. The van der Waals surface area contributed by atoms with Crippen LogP contribution in [0.1, 0.15) is 46.0 Å². The third-order valence-electron chi connectivity index (χ3n) is 4.91. The second-order valence-corrected chi connectivity index (χ2v) is 6.84. The first-order chi connectivity index (χ1) is 10.2. The van der Waals surface area contributed by atoms with E-state index in [1.807, 2.05) is 0 Å². The first-order valence-electron chi connectivity index (χ1n) is 8.62. The molecule has 0 aromatic rings. The van der Waals surface area contributed by atoms with Crippen molar-refractivity contribution in [2.45, 2.75) is 58.2 Å². The maximum Gasteiger partial charge on any atom is 0.118 e. The summed E-state index contributed by atoms with van der Waals surface area (Å²) in [7, 11) is 0. The van der Waals surface area contributed by atoms with Gasteiger partial charge in [0.15, 0.2) is 0 Å². The summed E-state index contributed by atoms with van der Waals surface area (Å²) in [5.41, 5.74) is 1.59. The monoisotopic (exact) mass is 291 g/mol. The first kappa shape index (κ1) is 15.1. The van der Waals surface area contributed by atoms with Gasteiger partial charge in [-0.25, -0.2) is 0 Å². The van der Waals surface area contributed by atoms with Crippen molar-refractivity contribution < 1.29 is 9.47 Å². The first-order valence-corrected chi connectivity index (χ1v) is 8.62. The minimum atomic E-state index is 0.341. The van der Waals surface area contributed by atoms with E-state index in [1.54, 1.807) is 5.57 Å². The minimum absolute atomic E-state index is 0.341. The van der Waals surface area contributed by atoms with Gasteiger partial charge in [0.1, 0.15) is 12.4 Å². The third kappa shape index (κ3) is 3.89. The molecule has 3 unspecified atom stereocenters. The van der Waals surface area contributed by atoms with E-state index in [9.17, 15) is 0 Å². The van der Waals surface area contributed by atoms with Crippen LogP contribution in [0.5, 0.6) is 0 Å². The number of nitrogens with zero attached hydrogens (tertiary/aromatic N) is 1. The smallest absolute Gasteiger partial charge is 0.118 e. The Kier molecular flexibility index (Phi) is 5.02. The number of morpholine rings is 1. The van der Waals surface area contributed by atoms with Crippen molar-refractivity contribution in [3.63, 3.8) is 0 Å². The number of hydrogen-bond acceptors (Lipinski definition) is 3. The number of rotatable bonds is 4. The maximum absolute atomic E-state index is 6.14. The van der Waals surface area contributed by atoms with Crippen molar-refractivity contribution in [3.8, 4) is 0 Å². The van der Waals surface area contributed by atoms with Crippen LogP contribution in [-0.4, -0.2) is 43.3 Å². The molecule has 2 fully saturated rings. The zero-order chi connectivity index (χ0) is 14.7. The fraction of sp³-hybridized carbons (Fsp3) is 0.778. The summed E-state index contributed by atoms with van der Waals surface area (Å²) in [4.78, 5) is 2.47. The molecule has 3 rings (SSSR count). The molecule has 0 spiro atoms. The van der Waals surface area contributed by atoms with Crippen molar-refractivity contribution in [2.75, 3.05) is 26.2 Å². The highest BCUT2D eigenvalue weighted by Gasteiger charge is 2.25. The quantitative estimate of drug-likeness (QED) is 0.791. The van der Waals surface area contributed by atoms with E-state index in [0.29, 0.717) is 12.2 Å². The summed E-state index contributed by atoms with van der Waals surface area (Å²) in [5.74, 6) is 1.95. The largest absolute Gasteiger partial charge is 0.492 e. The topological polar surface area (TPSA) is 21.7 Å². The van der Waals surface area contributed by atoms with Crippen LogP contribution >= 0.6 is 0 Å². The Morgan fingerprint density at radius 3 is 2.86 bits per heavy atom. The van der Waals surface area contributed by atoms with Gasteiger partial charge in [-0.3, -0.25) is 4.90 Å². The van der Waals surface area contributed by atoms with Gasteiger partial charge < -0.3 is 9.47 Å². The highest BCUT2D eigenvalue weighted by molar-refractivity contribution is 5.28. The highest BCUT2D eigenvalue weighted by Crippen LogP contribution is 2.37. The lowest BCUT2D eigenvalue weighted by atomic mass is 9.79. The van der Waals surface area contributed by atoms with Crippen molar-refractivity contribution in [3.05, 3.63) is 23.5 Å². The molecule has 0 bridgehead atoms. The van der Waals surface area contributed by atoms with E-state index < -0.39 is 0 Å². The van der Waals surface area contributed by atoms with Crippen LogP contribution in [-0.2, 0) is 9.47 Å². The molecule has 2 aliphatic carbocycles. The van der Waals surface area contributed by atoms with E-state index in [2.05, 4.69) is 30.9 Å².